The van der Waals surface area contributed by atoms with E-state index >= 15 is 0 Å². The molecule has 2 heterocycles. The molecule has 0 aliphatic carbocycles. The summed E-state index contributed by atoms with van der Waals surface area (Å²) in [4.78, 5) is 29.9. The highest BCUT2D eigenvalue weighted by Gasteiger charge is 2.23. The topological polar surface area (TPSA) is 89.8 Å². The van der Waals surface area contributed by atoms with Crippen molar-refractivity contribution in [3.05, 3.63) is 18.3 Å². The number of piperidine rings is 1. The summed E-state index contributed by atoms with van der Waals surface area (Å²) in [5.41, 5.74) is 1.02. The van der Waals surface area contributed by atoms with E-state index in [0.29, 0.717) is 11.9 Å². The molecule has 0 radical (unpaired) electrons. The molecule has 7 nitrogen and oxygen atoms in total. The quantitative estimate of drug-likeness (QED) is 0.677. The van der Waals surface area contributed by atoms with E-state index in [0.717, 1.165) is 18.5 Å². The molecule has 0 saturated carbocycles. The van der Waals surface area contributed by atoms with Gasteiger partial charge in [-0.15, -0.1) is 0 Å². The Bertz CT molecular complexity index is 539. The third kappa shape index (κ3) is 5.21. The van der Waals surface area contributed by atoms with Gasteiger partial charge in [-0.3, -0.25) is 4.79 Å². The predicted octanol–water partition coefficient (Wildman–Crippen LogP) is -1.34. The molecular weight excluding hydrogens is 296 g/mol. The number of pyridine rings is 1. The Kier molecular flexibility index (Phi) is 5.92. The average molecular weight is 320 g/mol. The van der Waals surface area contributed by atoms with E-state index in [1.54, 1.807) is 17.2 Å². The first kappa shape index (κ1) is 17.2. The molecule has 1 saturated heterocycles. The number of carboxylic acids is 1. The fourth-order valence-corrected chi connectivity index (χ4v) is 2.78. The number of quaternary nitrogens is 1. The van der Waals surface area contributed by atoms with Crippen LogP contribution in [0.5, 0.6) is 0 Å². The average Bonchev–Trinajstić information content (AvgIpc) is 2.54. The van der Waals surface area contributed by atoms with Crippen molar-refractivity contribution in [1.82, 2.24) is 4.98 Å². The lowest BCUT2D eigenvalue weighted by Crippen LogP contribution is -3.10. The lowest BCUT2D eigenvalue weighted by Gasteiger charge is -2.34. The van der Waals surface area contributed by atoms with Gasteiger partial charge in [0.2, 0.25) is 5.91 Å². The zero-order valence-corrected chi connectivity index (χ0v) is 13.7. The van der Waals surface area contributed by atoms with Crippen molar-refractivity contribution >= 4 is 23.4 Å². The second-order valence-corrected chi connectivity index (χ2v) is 6.12. The van der Waals surface area contributed by atoms with Gasteiger partial charge >= 0.3 is 0 Å². The van der Waals surface area contributed by atoms with Gasteiger partial charge in [0.1, 0.15) is 5.82 Å². The van der Waals surface area contributed by atoms with Crippen LogP contribution in [0.3, 0.4) is 0 Å². The van der Waals surface area contributed by atoms with Gasteiger partial charge in [0.05, 0.1) is 32.0 Å². The van der Waals surface area contributed by atoms with Crippen LogP contribution >= 0.6 is 0 Å². The number of likely N-dealkylation sites (tertiary alicyclic amines) is 1. The summed E-state index contributed by atoms with van der Waals surface area (Å²) in [5.74, 6) is -1.18. The van der Waals surface area contributed by atoms with Crippen molar-refractivity contribution in [3.8, 4) is 0 Å². The third-order valence-corrected chi connectivity index (χ3v) is 4.34. The number of nitrogens with one attached hydrogen (secondary N) is 2. The number of aliphatic carboxylic acids is 1. The minimum atomic E-state index is -1.23. The smallest absolute Gasteiger partial charge is 0.225 e. The number of carboxylic acid groups (broad SMARTS) is 1. The molecule has 0 spiro atoms. The van der Waals surface area contributed by atoms with Gasteiger partial charge in [0.25, 0.3) is 0 Å². The largest absolute Gasteiger partial charge is 0.550 e. The molecule has 0 atom stereocenters. The van der Waals surface area contributed by atoms with E-state index in [4.69, 9.17) is 0 Å². The fourth-order valence-electron chi connectivity index (χ4n) is 2.78. The van der Waals surface area contributed by atoms with Crippen LogP contribution in [0.25, 0.3) is 0 Å². The monoisotopic (exact) mass is 320 g/mol. The summed E-state index contributed by atoms with van der Waals surface area (Å²) in [6.07, 6.45) is 3.65. The molecule has 0 unspecified atom stereocenters. The summed E-state index contributed by atoms with van der Waals surface area (Å²) >= 11 is 0. The van der Waals surface area contributed by atoms with E-state index in [1.807, 2.05) is 6.07 Å². The summed E-state index contributed by atoms with van der Waals surface area (Å²) < 4.78 is 0. The summed E-state index contributed by atoms with van der Waals surface area (Å²) in [5, 5.41) is 12.9. The lowest BCUT2D eigenvalue weighted by atomic mass is 10.0. The molecule has 1 aromatic heterocycles. The van der Waals surface area contributed by atoms with Crippen molar-refractivity contribution < 1.29 is 19.6 Å². The van der Waals surface area contributed by atoms with Crippen LogP contribution < -0.4 is 20.2 Å². The predicted molar refractivity (Wildman–Crippen MR) is 85.2 cm³/mol. The first-order valence-electron chi connectivity index (χ1n) is 7.95. The molecule has 1 aliphatic rings. The van der Waals surface area contributed by atoms with E-state index in [2.05, 4.69) is 29.3 Å². The Hall–Kier alpha value is -2.15. The van der Waals surface area contributed by atoms with Crippen molar-refractivity contribution in [3.63, 3.8) is 0 Å². The second-order valence-electron chi connectivity index (χ2n) is 6.12. The molecule has 7 heteroatoms. The van der Waals surface area contributed by atoms with Crippen molar-refractivity contribution in [2.45, 2.75) is 31.7 Å². The van der Waals surface area contributed by atoms with Gasteiger partial charge in [0.15, 0.2) is 0 Å². The first-order valence-corrected chi connectivity index (χ1v) is 7.95. The minimum Gasteiger partial charge on any atom is -0.550 e. The highest BCUT2D eigenvalue weighted by atomic mass is 16.4. The maximum Gasteiger partial charge on any atom is 0.225 e. The normalized spacial score (nSPS) is 20.8. The second kappa shape index (κ2) is 7.92. The van der Waals surface area contributed by atoms with Crippen LogP contribution in [-0.2, 0) is 9.59 Å². The number of amides is 1. The first-order chi connectivity index (χ1) is 11.0. The Morgan fingerprint density at radius 1 is 1.35 bits per heavy atom. The van der Waals surface area contributed by atoms with Crippen LogP contribution in [0.4, 0.5) is 11.5 Å². The molecule has 0 aromatic carbocycles. The van der Waals surface area contributed by atoms with Gasteiger partial charge in [0, 0.05) is 38.3 Å². The van der Waals surface area contributed by atoms with Gasteiger partial charge in [-0.1, -0.05) is 0 Å². The van der Waals surface area contributed by atoms with Crippen molar-refractivity contribution in [1.29, 1.82) is 0 Å². The van der Waals surface area contributed by atoms with Gasteiger partial charge in [-0.2, -0.15) is 0 Å². The Morgan fingerprint density at radius 2 is 2.04 bits per heavy atom. The van der Waals surface area contributed by atoms with Gasteiger partial charge in [-0.25, -0.2) is 4.98 Å². The number of nitrogens with zero attached hydrogens (tertiary/aromatic N) is 2. The zero-order chi connectivity index (χ0) is 16.8. The molecule has 1 amide bonds. The van der Waals surface area contributed by atoms with Crippen LogP contribution in [0, 0.1) is 0 Å². The fraction of sp³-hybridized carbons (Fsp3) is 0.562. The van der Waals surface area contributed by atoms with Crippen LogP contribution in [0.1, 0.15) is 25.7 Å². The molecule has 1 aliphatic heterocycles. The number of rotatable bonds is 6. The summed E-state index contributed by atoms with van der Waals surface area (Å²) in [6.45, 7) is 2.35. The van der Waals surface area contributed by atoms with Gasteiger partial charge < -0.3 is 25.0 Å². The number of aromatic nitrogens is 1. The molecule has 2 N–H and O–H groups in total. The molecular formula is C16H24N4O3. The highest BCUT2D eigenvalue weighted by Crippen LogP contribution is 2.19. The number of carbonyl (C=O) groups excluding carboxylic acids is 2. The van der Waals surface area contributed by atoms with Crippen LogP contribution in [0.2, 0.25) is 0 Å². The van der Waals surface area contributed by atoms with Gasteiger partial charge in [-0.05, 0) is 18.6 Å². The molecule has 2 rings (SSSR count). The zero-order valence-electron chi connectivity index (χ0n) is 13.7. The SMILES string of the molecule is CN(c1ccc(NC(=O)CCC(=O)[O-])nc1)C1CC[NH+](C)CC1. The lowest BCUT2D eigenvalue weighted by molar-refractivity contribution is -0.884. The number of carbonyl (C=O) groups is 2. The minimum absolute atomic E-state index is 0.108. The maximum atomic E-state index is 11.6. The maximum absolute atomic E-state index is 11.6. The molecule has 1 fully saturated rings. The van der Waals surface area contributed by atoms with E-state index in [9.17, 15) is 14.7 Å². The summed E-state index contributed by atoms with van der Waals surface area (Å²) in [7, 11) is 4.29. The third-order valence-electron chi connectivity index (χ3n) is 4.34. The van der Waals surface area contributed by atoms with E-state index in [1.165, 1.54) is 13.1 Å². The molecule has 1 aromatic rings. The molecule has 0 bridgehead atoms. The molecule has 126 valence electrons. The van der Waals surface area contributed by atoms with Crippen LogP contribution in [0.15, 0.2) is 18.3 Å². The number of anilines is 2. The van der Waals surface area contributed by atoms with Crippen molar-refractivity contribution in [2.75, 3.05) is 37.4 Å². The Balaban J connectivity index is 1.88. The number of hydrogen-bond acceptors (Lipinski definition) is 5. The highest BCUT2D eigenvalue weighted by molar-refractivity contribution is 5.91. The molecule has 23 heavy (non-hydrogen) atoms. The Morgan fingerprint density at radius 3 is 2.61 bits per heavy atom. The Labute approximate surface area is 136 Å². The van der Waals surface area contributed by atoms with E-state index < -0.39 is 5.97 Å². The van der Waals surface area contributed by atoms with Crippen LogP contribution in [-0.4, -0.2) is 50.1 Å². The van der Waals surface area contributed by atoms with Crippen molar-refractivity contribution in [2.24, 2.45) is 0 Å². The van der Waals surface area contributed by atoms with E-state index in [-0.39, 0.29) is 18.7 Å². The standard InChI is InChI=1S/C16H24N4O3/c1-19-9-7-12(8-10-19)20(2)13-3-4-14(17-11-13)18-15(21)5-6-16(22)23/h3-4,11-12H,5-10H2,1-2H3,(H,22,23)(H,17,18,21). The number of hydrogen-bond donors (Lipinski definition) is 2. The summed E-state index contributed by atoms with van der Waals surface area (Å²) in [6, 6.07) is 4.18.